The molecule has 0 radical (unpaired) electrons. The van der Waals surface area contributed by atoms with Gasteiger partial charge in [0.25, 0.3) is 6.41 Å². The molecular formula is C31H33Cl2N3O6. The van der Waals surface area contributed by atoms with Crippen molar-refractivity contribution in [3.63, 3.8) is 0 Å². The van der Waals surface area contributed by atoms with E-state index < -0.39 is 18.6 Å². The van der Waals surface area contributed by atoms with Crippen LogP contribution in [0.2, 0.25) is 10.0 Å². The third kappa shape index (κ3) is 7.11. The number of fused-ring (bicyclic) bond motifs is 3. The fourth-order valence-corrected chi connectivity index (χ4v) is 5.42. The highest BCUT2D eigenvalue weighted by Gasteiger charge is 2.36. The minimum Gasteiger partial charge on any atom is -0.493 e. The van der Waals surface area contributed by atoms with Crippen molar-refractivity contribution >= 4 is 40.2 Å². The molecule has 1 aromatic heterocycles. The number of H-pyrrole nitrogens is 1. The first-order valence-corrected chi connectivity index (χ1v) is 14.6. The van der Waals surface area contributed by atoms with Gasteiger partial charge in [0.2, 0.25) is 0 Å². The van der Waals surface area contributed by atoms with Crippen LogP contribution in [0.15, 0.2) is 66.7 Å². The Morgan fingerprint density at radius 3 is 2.50 bits per heavy atom. The molecule has 0 spiro atoms. The fourth-order valence-electron chi connectivity index (χ4n) is 5.12. The standard InChI is InChI=1S/C31H33Cl2N3O6/c1-2-40-30(38)34-18-22(37)14-16-41-23-8-3-19(4-9-23)29-28-25(26-17-21(33)7-12-27(26)35-28)13-15-36(29)31(39)42-24-10-5-20(32)6-11-24/h3-12,17,22,29,31,35,37,39H,2,13-16,18H2,1H3,(H,34,38)/t22?,29-,31?/m0/s1. The monoisotopic (exact) mass is 613 g/mol. The number of alkyl carbamates (subject to hydrolysis) is 1. The summed E-state index contributed by atoms with van der Waals surface area (Å²) in [6, 6.07) is 19.9. The Morgan fingerprint density at radius 2 is 1.76 bits per heavy atom. The number of carbonyl (C=O) groups excluding carboxylic acids is 1. The summed E-state index contributed by atoms with van der Waals surface area (Å²) in [5, 5.41) is 26.2. The van der Waals surface area contributed by atoms with E-state index in [4.69, 9.17) is 37.4 Å². The molecule has 42 heavy (non-hydrogen) atoms. The summed E-state index contributed by atoms with van der Waals surface area (Å²) in [5.74, 6) is 1.14. The number of hydrogen-bond acceptors (Lipinski definition) is 7. The lowest BCUT2D eigenvalue weighted by Crippen LogP contribution is -2.46. The van der Waals surface area contributed by atoms with E-state index in [9.17, 15) is 15.0 Å². The molecule has 2 unspecified atom stereocenters. The highest BCUT2D eigenvalue weighted by atomic mass is 35.5. The summed E-state index contributed by atoms with van der Waals surface area (Å²) in [4.78, 5) is 16.9. The van der Waals surface area contributed by atoms with Crippen LogP contribution in [0.3, 0.4) is 0 Å². The molecule has 9 nitrogen and oxygen atoms in total. The van der Waals surface area contributed by atoms with Crippen LogP contribution in [0.5, 0.6) is 11.5 Å². The predicted molar refractivity (Wildman–Crippen MR) is 161 cm³/mol. The van der Waals surface area contributed by atoms with E-state index in [1.807, 2.05) is 47.4 Å². The molecule has 1 aliphatic rings. The Kier molecular flexibility index (Phi) is 9.76. The van der Waals surface area contributed by atoms with Gasteiger partial charge in [0, 0.05) is 46.2 Å². The van der Waals surface area contributed by atoms with Crippen molar-refractivity contribution in [1.82, 2.24) is 15.2 Å². The molecular weight excluding hydrogens is 581 g/mol. The fraction of sp³-hybridized carbons (Fsp3) is 0.323. The zero-order valence-corrected chi connectivity index (χ0v) is 24.6. The molecule has 4 aromatic rings. The average Bonchev–Trinajstić information content (AvgIpc) is 3.35. The number of nitrogens with one attached hydrogen (secondary N) is 2. The molecule has 0 bridgehead atoms. The molecule has 11 heteroatoms. The molecule has 2 heterocycles. The predicted octanol–water partition coefficient (Wildman–Crippen LogP) is 5.65. The maximum atomic E-state index is 11.4. The topological polar surface area (TPSA) is 116 Å². The lowest BCUT2D eigenvalue weighted by molar-refractivity contribution is -0.150. The number of nitrogens with zero attached hydrogens (tertiary/aromatic N) is 1. The van der Waals surface area contributed by atoms with Gasteiger partial charge in [-0.3, -0.25) is 0 Å². The second kappa shape index (κ2) is 13.7. The molecule has 0 saturated carbocycles. The van der Waals surface area contributed by atoms with Crippen LogP contribution < -0.4 is 14.8 Å². The molecule has 0 saturated heterocycles. The summed E-state index contributed by atoms with van der Waals surface area (Å²) < 4.78 is 16.6. The van der Waals surface area contributed by atoms with E-state index >= 15 is 0 Å². The Labute approximate surface area is 253 Å². The SMILES string of the molecule is CCOC(=O)NCC(O)CCOc1ccc([C@H]2c3[nH]c4ccc(Cl)cc4c3CCN2C(O)Oc2ccc(Cl)cc2)cc1. The largest absolute Gasteiger partial charge is 0.493 e. The Morgan fingerprint density at radius 1 is 1.05 bits per heavy atom. The van der Waals surface area contributed by atoms with Crippen molar-refractivity contribution < 1.29 is 29.2 Å². The zero-order chi connectivity index (χ0) is 29.6. The Balaban J connectivity index is 1.33. The lowest BCUT2D eigenvalue weighted by Gasteiger charge is -2.38. The number of aliphatic hydroxyl groups is 2. The number of hydrogen-bond donors (Lipinski definition) is 4. The van der Waals surface area contributed by atoms with E-state index in [-0.39, 0.29) is 25.8 Å². The number of benzene rings is 3. The number of carbonyl (C=O) groups is 1. The number of aliphatic hydroxyl groups excluding tert-OH is 2. The summed E-state index contributed by atoms with van der Waals surface area (Å²) in [6.45, 7) is 2.87. The van der Waals surface area contributed by atoms with Gasteiger partial charge < -0.3 is 34.7 Å². The highest BCUT2D eigenvalue weighted by Crippen LogP contribution is 2.40. The number of aromatic amines is 1. The maximum Gasteiger partial charge on any atom is 0.407 e. The minimum atomic E-state index is -1.22. The van der Waals surface area contributed by atoms with Gasteiger partial charge in [-0.15, -0.1) is 0 Å². The molecule has 3 atom stereocenters. The van der Waals surface area contributed by atoms with Crippen LogP contribution in [0.1, 0.15) is 36.2 Å². The Bertz CT molecular complexity index is 1500. The average molecular weight is 615 g/mol. The van der Waals surface area contributed by atoms with Crippen molar-refractivity contribution in [3.8, 4) is 11.5 Å². The minimum absolute atomic E-state index is 0.0805. The number of ether oxygens (including phenoxy) is 3. The number of aromatic nitrogens is 1. The number of amides is 1. The van der Waals surface area contributed by atoms with E-state index in [0.29, 0.717) is 40.9 Å². The summed E-state index contributed by atoms with van der Waals surface area (Å²) in [5.41, 5.74) is 4.01. The van der Waals surface area contributed by atoms with E-state index in [1.165, 1.54) is 0 Å². The van der Waals surface area contributed by atoms with Gasteiger partial charge in [0.1, 0.15) is 11.5 Å². The van der Waals surface area contributed by atoms with Gasteiger partial charge in [-0.25, -0.2) is 9.69 Å². The first-order chi connectivity index (χ1) is 20.3. The first kappa shape index (κ1) is 30.0. The molecule has 0 aliphatic carbocycles. The van der Waals surface area contributed by atoms with Crippen LogP contribution in [-0.2, 0) is 11.2 Å². The van der Waals surface area contributed by atoms with E-state index in [0.717, 1.165) is 27.7 Å². The highest BCUT2D eigenvalue weighted by molar-refractivity contribution is 6.31. The summed E-state index contributed by atoms with van der Waals surface area (Å²) >= 11 is 12.3. The van der Waals surface area contributed by atoms with Crippen molar-refractivity contribution in [3.05, 3.63) is 93.6 Å². The third-order valence-electron chi connectivity index (χ3n) is 7.14. The van der Waals surface area contributed by atoms with Gasteiger partial charge in [0.15, 0.2) is 0 Å². The van der Waals surface area contributed by atoms with Crippen molar-refractivity contribution in [2.24, 2.45) is 0 Å². The van der Waals surface area contributed by atoms with Crippen molar-refractivity contribution in [2.75, 3.05) is 26.3 Å². The third-order valence-corrected chi connectivity index (χ3v) is 7.63. The molecule has 1 amide bonds. The van der Waals surface area contributed by atoms with Gasteiger partial charge in [-0.2, -0.15) is 0 Å². The smallest absolute Gasteiger partial charge is 0.407 e. The second-order valence-electron chi connectivity index (χ2n) is 9.96. The van der Waals surface area contributed by atoms with Gasteiger partial charge in [0.05, 0.1) is 25.4 Å². The maximum absolute atomic E-state index is 11.4. The molecule has 5 rings (SSSR count). The molecule has 4 N–H and O–H groups in total. The van der Waals surface area contributed by atoms with Crippen LogP contribution in [0.25, 0.3) is 10.9 Å². The van der Waals surface area contributed by atoms with E-state index in [1.54, 1.807) is 31.2 Å². The number of halogens is 2. The van der Waals surface area contributed by atoms with Crippen LogP contribution in [-0.4, -0.2) is 65.0 Å². The van der Waals surface area contributed by atoms with Crippen LogP contribution in [0, 0.1) is 0 Å². The summed E-state index contributed by atoms with van der Waals surface area (Å²) in [6.07, 6.45) is -1.52. The normalized spacial score (nSPS) is 16.5. The first-order valence-electron chi connectivity index (χ1n) is 13.8. The lowest BCUT2D eigenvalue weighted by atomic mass is 9.92. The second-order valence-corrected chi connectivity index (χ2v) is 10.8. The molecule has 0 fully saturated rings. The quantitative estimate of drug-likeness (QED) is 0.161. The van der Waals surface area contributed by atoms with Crippen LogP contribution in [0.4, 0.5) is 4.79 Å². The van der Waals surface area contributed by atoms with Gasteiger partial charge >= 0.3 is 6.09 Å². The zero-order valence-electron chi connectivity index (χ0n) is 23.1. The van der Waals surface area contributed by atoms with Gasteiger partial charge in [-0.1, -0.05) is 35.3 Å². The van der Waals surface area contributed by atoms with Crippen molar-refractivity contribution in [1.29, 1.82) is 0 Å². The molecule has 3 aromatic carbocycles. The molecule has 222 valence electrons. The van der Waals surface area contributed by atoms with E-state index in [2.05, 4.69) is 10.3 Å². The molecule has 1 aliphatic heterocycles. The number of rotatable bonds is 11. The summed E-state index contributed by atoms with van der Waals surface area (Å²) in [7, 11) is 0. The van der Waals surface area contributed by atoms with Crippen LogP contribution >= 0.6 is 23.2 Å². The van der Waals surface area contributed by atoms with Crippen molar-refractivity contribution in [2.45, 2.75) is 38.3 Å². The van der Waals surface area contributed by atoms with Gasteiger partial charge in [-0.05, 0) is 79.1 Å². The Hall–Kier alpha value is -3.47.